The summed E-state index contributed by atoms with van der Waals surface area (Å²) in [5.41, 5.74) is 2.92. The Bertz CT molecular complexity index is 908. The lowest BCUT2D eigenvalue weighted by Crippen LogP contribution is -2.20. The lowest BCUT2D eigenvalue weighted by atomic mass is 10.2. The lowest BCUT2D eigenvalue weighted by molar-refractivity contribution is 0.690. The van der Waals surface area contributed by atoms with Gasteiger partial charge in [-0.15, -0.1) is 0 Å². The number of nitrogens with one attached hydrogen (secondary N) is 2. The van der Waals surface area contributed by atoms with E-state index >= 15 is 0 Å². The van der Waals surface area contributed by atoms with Gasteiger partial charge in [0.2, 0.25) is 0 Å². The number of rotatable bonds is 4. The number of aryl methyl sites for hydroxylation is 1. The first kappa shape index (κ1) is 17.7. The quantitative estimate of drug-likeness (QED) is 0.588. The second-order valence-electron chi connectivity index (χ2n) is 5.53. The minimum atomic E-state index is 0.452. The van der Waals surface area contributed by atoms with Crippen LogP contribution in [0.25, 0.3) is 0 Å². The molecule has 25 heavy (non-hydrogen) atoms. The van der Waals surface area contributed by atoms with Gasteiger partial charge in [-0.3, -0.25) is 4.68 Å². The predicted molar refractivity (Wildman–Crippen MR) is 109 cm³/mol. The van der Waals surface area contributed by atoms with E-state index in [1.165, 1.54) is 0 Å². The van der Waals surface area contributed by atoms with Gasteiger partial charge in [0, 0.05) is 28.0 Å². The number of hydrogen-bond donors (Lipinski definition) is 2. The molecule has 128 valence electrons. The van der Waals surface area contributed by atoms with Gasteiger partial charge < -0.3 is 10.6 Å². The van der Waals surface area contributed by atoms with Crippen molar-refractivity contribution < 1.29 is 0 Å². The van der Waals surface area contributed by atoms with E-state index in [-0.39, 0.29) is 0 Å². The number of thiocarbonyl (C=S) groups is 1. The van der Waals surface area contributed by atoms with Crippen molar-refractivity contribution in [2.45, 2.75) is 13.5 Å². The molecule has 4 nitrogen and oxygen atoms in total. The monoisotopic (exact) mass is 390 g/mol. The van der Waals surface area contributed by atoms with Crippen molar-refractivity contribution in [3.63, 3.8) is 0 Å². The topological polar surface area (TPSA) is 41.9 Å². The SMILES string of the molecule is Cc1ccc(Cl)cc1NC(=S)Nc1ccn(Cc2ccccc2Cl)n1. The van der Waals surface area contributed by atoms with Crippen LogP contribution in [0.3, 0.4) is 0 Å². The Balaban J connectivity index is 1.64. The summed E-state index contributed by atoms with van der Waals surface area (Å²) in [5, 5.41) is 12.5. The fraction of sp³-hybridized carbons (Fsp3) is 0.111. The van der Waals surface area contributed by atoms with E-state index in [9.17, 15) is 0 Å². The molecule has 0 unspecified atom stereocenters. The van der Waals surface area contributed by atoms with E-state index in [4.69, 9.17) is 35.4 Å². The molecule has 0 spiro atoms. The standard InChI is InChI=1S/C18H16Cl2N4S/c1-12-6-7-14(19)10-16(12)21-18(25)22-17-8-9-24(23-17)11-13-4-2-3-5-15(13)20/h2-10H,11H2,1H3,(H2,21,22,23,25). The third-order valence-electron chi connectivity index (χ3n) is 3.62. The normalized spacial score (nSPS) is 10.5. The number of benzene rings is 2. The minimum absolute atomic E-state index is 0.452. The Morgan fingerprint density at radius 3 is 2.72 bits per heavy atom. The molecule has 3 aromatic rings. The highest BCUT2D eigenvalue weighted by molar-refractivity contribution is 7.80. The van der Waals surface area contributed by atoms with Crippen LogP contribution in [0.15, 0.2) is 54.7 Å². The third kappa shape index (κ3) is 4.72. The van der Waals surface area contributed by atoms with E-state index in [2.05, 4.69) is 15.7 Å². The molecule has 0 atom stereocenters. The molecular weight excluding hydrogens is 375 g/mol. The van der Waals surface area contributed by atoms with Crippen LogP contribution in [-0.2, 0) is 6.54 Å². The highest BCUT2D eigenvalue weighted by Gasteiger charge is 2.06. The summed E-state index contributed by atoms with van der Waals surface area (Å²) >= 11 is 17.6. The van der Waals surface area contributed by atoms with Crippen LogP contribution < -0.4 is 10.6 Å². The average Bonchev–Trinajstić information content (AvgIpc) is 3.00. The van der Waals surface area contributed by atoms with Gasteiger partial charge in [0.25, 0.3) is 0 Å². The maximum Gasteiger partial charge on any atom is 0.176 e. The first-order chi connectivity index (χ1) is 12.0. The van der Waals surface area contributed by atoms with Crippen LogP contribution in [0.5, 0.6) is 0 Å². The van der Waals surface area contributed by atoms with Crippen molar-refractivity contribution in [3.05, 3.63) is 75.9 Å². The summed E-state index contributed by atoms with van der Waals surface area (Å²) in [5.74, 6) is 0.657. The third-order valence-corrected chi connectivity index (χ3v) is 4.43. The molecule has 2 N–H and O–H groups in total. The maximum absolute atomic E-state index is 6.18. The van der Waals surface area contributed by atoms with Gasteiger partial charge in [-0.05, 0) is 48.5 Å². The average molecular weight is 391 g/mol. The van der Waals surface area contributed by atoms with Crippen LogP contribution >= 0.6 is 35.4 Å². The summed E-state index contributed by atoms with van der Waals surface area (Å²) < 4.78 is 1.80. The van der Waals surface area contributed by atoms with Crippen molar-refractivity contribution in [1.82, 2.24) is 9.78 Å². The van der Waals surface area contributed by atoms with Crippen LogP contribution in [0.2, 0.25) is 10.0 Å². The van der Waals surface area contributed by atoms with Crippen molar-refractivity contribution in [1.29, 1.82) is 0 Å². The number of anilines is 2. The zero-order valence-corrected chi connectivity index (χ0v) is 15.8. The Labute approximate surface area is 161 Å². The molecular formula is C18H16Cl2N4S. The minimum Gasteiger partial charge on any atom is -0.332 e. The van der Waals surface area contributed by atoms with Crippen LogP contribution in [0.4, 0.5) is 11.5 Å². The molecule has 1 heterocycles. The molecule has 0 fully saturated rings. The number of hydrogen-bond acceptors (Lipinski definition) is 2. The maximum atomic E-state index is 6.18. The highest BCUT2D eigenvalue weighted by Crippen LogP contribution is 2.20. The molecule has 3 rings (SSSR count). The Kier molecular flexibility index (Phi) is 5.58. The van der Waals surface area contributed by atoms with E-state index in [0.29, 0.717) is 22.5 Å². The van der Waals surface area contributed by atoms with Crippen molar-refractivity contribution in [2.75, 3.05) is 10.6 Å². The summed E-state index contributed by atoms with van der Waals surface area (Å²) in [4.78, 5) is 0. The molecule has 0 saturated carbocycles. The van der Waals surface area contributed by atoms with Crippen molar-refractivity contribution in [3.8, 4) is 0 Å². The molecule has 0 aliphatic carbocycles. The van der Waals surface area contributed by atoms with E-state index in [0.717, 1.165) is 21.8 Å². The second-order valence-corrected chi connectivity index (χ2v) is 6.78. The van der Waals surface area contributed by atoms with Crippen molar-refractivity contribution in [2.24, 2.45) is 0 Å². The summed E-state index contributed by atoms with van der Waals surface area (Å²) in [6.45, 7) is 2.58. The molecule has 0 saturated heterocycles. The molecule has 0 amide bonds. The zero-order valence-electron chi connectivity index (χ0n) is 13.5. The van der Waals surface area contributed by atoms with Gasteiger partial charge in [-0.2, -0.15) is 5.10 Å². The fourth-order valence-electron chi connectivity index (χ4n) is 2.32. The van der Waals surface area contributed by atoms with E-state index in [1.807, 2.05) is 61.7 Å². The largest absolute Gasteiger partial charge is 0.332 e. The van der Waals surface area contributed by atoms with Gasteiger partial charge in [-0.1, -0.05) is 47.5 Å². The Morgan fingerprint density at radius 2 is 1.92 bits per heavy atom. The van der Waals surface area contributed by atoms with Gasteiger partial charge in [-0.25, -0.2) is 0 Å². The fourth-order valence-corrected chi connectivity index (χ4v) is 2.90. The van der Waals surface area contributed by atoms with E-state index < -0.39 is 0 Å². The predicted octanol–water partition coefficient (Wildman–Crippen LogP) is 5.36. The number of aromatic nitrogens is 2. The highest BCUT2D eigenvalue weighted by atomic mass is 35.5. The number of halogens is 2. The molecule has 0 radical (unpaired) electrons. The smallest absolute Gasteiger partial charge is 0.176 e. The molecule has 0 aliphatic rings. The van der Waals surface area contributed by atoms with Crippen LogP contribution in [0.1, 0.15) is 11.1 Å². The molecule has 1 aromatic heterocycles. The van der Waals surface area contributed by atoms with Gasteiger partial charge >= 0.3 is 0 Å². The van der Waals surface area contributed by atoms with Crippen molar-refractivity contribution >= 4 is 52.0 Å². The van der Waals surface area contributed by atoms with Gasteiger partial charge in [0.05, 0.1) is 6.54 Å². The first-order valence-corrected chi connectivity index (χ1v) is 8.79. The number of nitrogens with zero attached hydrogens (tertiary/aromatic N) is 2. The Hall–Kier alpha value is -2.08. The molecule has 7 heteroatoms. The molecule has 2 aromatic carbocycles. The van der Waals surface area contributed by atoms with Crippen LogP contribution in [-0.4, -0.2) is 14.9 Å². The molecule has 0 aliphatic heterocycles. The summed E-state index contributed by atoms with van der Waals surface area (Å²) in [6, 6.07) is 15.2. The van der Waals surface area contributed by atoms with Gasteiger partial charge in [0.1, 0.15) is 0 Å². The Morgan fingerprint density at radius 1 is 1.12 bits per heavy atom. The van der Waals surface area contributed by atoms with Gasteiger partial charge in [0.15, 0.2) is 10.9 Å². The molecule has 0 bridgehead atoms. The summed E-state index contributed by atoms with van der Waals surface area (Å²) in [6.07, 6.45) is 1.87. The lowest BCUT2D eigenvalue weighted by Gasteiger charge is -2.11. The van der Waals surface area contributed by atoms with Crippen LogP contribution in [0, 0.1) is 6.92 Å². The zero-order chi connectivity index (χ0) is 17.8. The summed E-state index contributed by atoms with van der Waals surface area (Å²) in [7, 11) is 0. The second kappa shape index (κ2) is 7.87. The van der Waals surface area contributed by atoms with E-state index in [1.54, 1.807) is 4.68 Å². The first-order valence-electron chi connectivity index (χ1n) is 7.62.